The number of amides is 2. The van der Waals surface area contributed by atoms with Crippen LogP contribution in [0.3, 0.4) is 0 Å². The molecule has 0 radical (unpaired) electrons. The van der Waals surface area contributed by atoms with Gasteiger partial charge in [0.25, 0.3) is 0 Å². The predicted octanol–water partition coefficient (Wildman–Crippen LogP) is 2.31. The molecule has 1 heterocycles. The molecule has 3 aromatic rings. The Morgan fingerprint density at radius 2 is 1.87 bits per heavy atom. The molecule has 0 saturated heterocycles. The summed E-state index contributed by atoms with van der Waals surface area (Å²) in [4.78, 5) is 26.1. The minimum absolute atomic E-state index is 0.0651. The van der Waals surface area contributed by atoms with Crippen molar-refractivity contribution < 1.29 is 19.4 Å². The number of aromatic nitrogens is 2. The highest BCUT2D eigenvalue weighted by Crippen LogP contribution is 2.12. The van der Waals surface area contributed by atoms with E-state index >= 15 is 0 Å². The van der Waals surface area contributed by atoms with Crippen molar-refractivity contribution >= 4 is 17.5 Å². The van der Waals surface area contributed by atoms with E-state index < -0.39 is 0 Å². The van der Waals surface area contributed by atoms with E-state index in [1.54, 1.807) is 30.3 Å². The van der Waals surface area contributed by atoms with Crippen LogP contribution in [0.5, 0.6) is 11.5 Å². The van der Waals surface area contributed by atoms with Crippen LogP contribution in [0.2, 0.25) is 0 Å². The number of rotatable bonds is 9. The van der Waals surface area contributed by atoms with Gasteiger partial charge in [0.05, 0.1) is 24.8 Å². The number of aromatic hydroxyl groups is 1. The molecule has 0 saturated carbocycles. The number of carbonyl (C=O) groups is 2. The van der Waals surface area contributed by atoms with Gasteiger partial charge in [-0.15, -0.1) is 0 Å². The van der Waals surface area contributed by atoms with Crippen molar-refractivity contribution in [1.29, 1.82) is 0 Å². The summed E-state index contributed by atoms with van der Waals surface area (Å²) in [7, 11) is 1.71. The lowest BCUT2D eigenvalue weighted by Crippen LogP contribution is -2.33. The maximum Gasteiger partial charge on any atom is 0.244 e. The molecule has 0 bridgehead atoms. The second-order valence-corrected chi connectivity index (χ2v) is 6.79. The van der Waals surface area contributed by atoms with Gasteiger partial charge in [-0.2, -0.15) is 5.10 Å². The average Bonchev–Trinajstić information content (AvgIpc) is 3.17. The van der Waals surface area contributed by atoms with Gasteiger partial charge in [-0.1, -0.05) is 30.3 Å². The van der Waals surface area contributed by atoms with E-state index in [1.165, 1.54) is 23.0 Å². The number of benzene rings is 2. The van der Waals surface area contributed by atoms with E-state index in [1.807, 2.05) is 30.3 Å². The summed E-state index contributed by atoms with van der Waals surface area (Å²) in [5.41, 5.74) is 1.30. The monoisotopic (exact) mass is 408 g/mol. The molecule has 8 heteroatoms. The van der Waals surface area contributed by atoms with Gasteiger partial charge in [-0.3, -0.25) is 14.3 Å². The van der Waals surface area contributed by atoms with Gasteiger partial charge in [-0.25, -0.2) is 0 Å². The quantitative estimate of drug-likeness (QED) is 0.566. The van der Waals surface area contributed by atoms with Crippen LogP contribution in [-0.2, 0) is 22.6 Å². The third kappa shape index (κ3) is 6.37. The van der Waals surface area contributed by atoms with Gasteiger partial charge in [0.2, 0.25) is 11.8 Å². The number of likely N-dealkylation sites (N-methyl/N-ethyl adjacent to an activating group) is 1. The zero-order chi connectivity index (χ0) is 21.3. The molecule has 0 atom stereocenters. The van der Waals surface area contributed by atoms with Crippen molar-refractivity contribution in [3.63, 3.8) is 0 Å². The predicted molar refractivity (Wildman–Crippen MR) is 112 cm³/mol. The maximum absolute atomic E-state index is 12.4. The summed E-state index contributed by atoms with van der Waals surface area (Å²) < 4.78 is 7.08. The Bertz CT molecular complexity index is 970. The fraction of sp³-hybridized carbons (Fsp3) is 0.227. The summed E-state index contributed by atoms with van der Waals surface area (Å²) in [5.74, 6) is 0.596. The van der Waals surface area contributed by atoms with Gasteiger partial charge in [0, 0.05) is 13.2 Å². The zero-order valence-corrected chi connectivity index (χ0v) is 16.7. The van der Waals surface area contributed by atoms with Crippen LogP contribution < -0.4 is 10.1 Å². The van der Waals surface area contributed by atoms with Crippen LogP contribution in [0.25, 0.3) is 0 Å². The zero-order valence-electron chi connectivity index (χ0n) is 16.7. The lowest BCUT2D eigenvalue weighted by atomic mass is 10.1. The molecule has 8 nitrogen and oxygen atoms in total. The molecule has 0 aliphatic carbocycles. The van der Waals surface area contributed by atoms with Crippen molar-refractivity contribution in [2.45, 2.75) is 13.0 Å². The first-order valence-electron chi connectivity index (χ1n) is 9.51. The number of ether oxygens (including phenoxy) is 1. The van der Waals surface area contributed by atoms with Crippen molar-refractivity contribution in [3.05, 3.63) is 72.6 Å². The smallest absolute Gasteiger partial charge is 0.244 e. The summed E-state index contributed by atoms with van der Waals surface area (Å²) in [6.45, 7) is 0.908. The van der Waals surface area contributed by atoms with Crippen LogP contribution in [0.15, 0.2) is 67.0 Å². The SMILES string of the molecule is CN(CCOc1ccccc1)C(=O)Cn1cc(NC(=O)Cc2ccc(O)cc2)cn1. The fourth-order valence-electron chi connectivity index (χ4n) is 2.72. The van der Waals surface area contributed by atoms with Crippen molar-refractivity contribution in [2.75, 3.05) is 25.5 Å². The van der Waals surface area contributed by atoms with Crippen molar-refractivity contribution in [1.82, 2.24) is 14.7 Å². The second-order valence-electron chi connectivity index (χ2n) is 6.79. The highest BCUT2D eigenvalue weighted by atomic mass is 16.5. The minimum atomic E-state index is -0.207. The standard InChI is InChI=1S/C22H24N4O4/c1-25(11-12-30-20-5-3-2-4-6-20)22(29)16-26-15-18(14-23-26)24-21(28)13-17-7-9-19(27)10-8-17/h2-10,14-15,27H,11-13,16H2,1H3,(H,24,28). The second kappa shape index (κ2) is 10.1. The average molecular weight is 408 g/mol. The molecule has 0 spiro atoms. The number of anilines is 1. The number of hydrogen-bond donors (Lipinski definition) is 2. The Balaban J connectivity index is 1.42. The van der Waals surface area contributed by atoms with E-state index in [4.69, 9.17) is 4.74 Å². The number of carbonyl (C=O) groups excluding carboxylic acids is 2. The summed E-state index contributed by atoms with van der Waals surface area (Å²) in [5, 5.41) is 16.2. The molecular weight excluding hydrogens is 384 g/mol. The molecule has 3 rings (SSSR count). The summed E-state index contributed by atoms with van der Waals surface area (Å²) in [6.07, 6.45) is 3.29. The van der Waals surface area contributed by atoms with Crippen LogP contribution in [-0.4, -0.2) is 51.8 Å². The van der Waals surface area contributed by atoms with Gasteiger partial charge in [0.15, 0.2) is 0 Å². The molecule has 30 heavy (non-hydrogen) atoms. The molecule has 1 aromatic heterocycles. The van der Waals surface area contributed by atoms with Gasteiger partial charge in [0.1, 0.15) is 24.7 Å². The topological polar surface area (TPSA) is 96.7 Å². The van der Waals surface area contributed by atoms with Crippen molar-refractivity contribution in [2.24, 2.45) is 0 Å². The first kappa shape index (κ1) is 20.9. The maximum atomic E-state index is 12.4. The van der Waals surface area contributed by atoms with Gasteiger partial charge >= 0.3 is 0 Å². The Hall–Kier alpha value is -3.81. The molecule has 2 amide bonds. The van der Waals surface area contributed by atoms with Crippen LogP contribution in [0.4, 0.5) is 5.69 Å². The summed E-state index contributed by atoms with van der Waals surface area (Å²) in [6, 6.07) is 15.9. The highest BCUT2D eigenvalue weighted by molar-refractivity contribution is 5.92. The Labute approximate surface area is 174 Å². The number of para-hydroxylation sites is 1. The van der Waals surface area contributed by atoms with E-state index in [-0.39, 0.29) is 30.5 Å². The molecule has 0 aliphatic rings. The number of nitrogens with one attached hydrogen (secondary N) is 1. The first-order chi connectivity index (χ1) is 14.5. The Morgan fingerprint density at radius 1 is 1.13 bits per heavy atom. The summed E-state index contributed by atoms with van der Waals surface area (Å²) >= 11 is 0. The van der Waals surface area contributed by atoms with Crippen LogP contribution in [0, 0.1) is 0 Å². The molecular formula is C22H24N4O4. The van der Waals surface area contributed by atoms with Gasteiger partial charge < -0.3 is 20.1 Å². The molecule has 0 aliphatic heterocycles. The van der Waals surface area contributed by atoms with E-state index in [9.17, 15) is 14.7 Å². The third-order valence-corrected chi connectivity index (χ3v) is 4.38. The highest BCUT2D eigenvalue weighted by Gasteiger charge is 2.12. The molecule has 2 N–H and O–H groups in total. The normalized spacial score (nSPS) is 10.4. The van der Waals surface area contributed by atoms with E-state index in [0.29, 0.717) is 18.8 Å². The van der Waals surface area contributed by atoms with Gasteiger partial charge in [-0.05, 0) is 29.8 Å². The number of phenolic OH excluding ortho intramolecular Hbond substituents is 1. The molecule has 156 valence electrons. The van der Waals surface area contributed by atoms with E-state index in [0.717, 1.165) is 11.3 Å². The molecule has 0 unspecified atom stereocenters. The largest absolute Gasteiger partial charge is 0.508 e. The third-order valence-electron chi connectivity index (χ3n) is 4.38. The number of phenols is 1. The lowest BCUT2D eigenvalue weighted by Gasteiger charge is -2.17. The fourth-order valence-corrected chi connectivity index (χ4v) is 2.72. The van der Waals surface area contributed by atoms with E-state index in [2.05, 4.69) is 10.4 Å². The first-order valence-corrected chi connectivity index (χ1v) is 9.51. The van der Waals surface area contributed by atoms with Crippen LogP contribution in [0.1, 0.15) is 5.56 Å². The molecule has 0 fully saturated rings. The van der Waals surface area contributed by atoms with Crippen molar-refractivity contribution in [3.8, 4) is 11.5 Å². The molecule has 2 aromatic carbocycles. The minimum Gasteiger partial charge on any atom is -0.508 e. The van der Waals surface area contributed by atoms with Crippen LogP contribution >= 0.6 is 0 Å². The Kier molecular flexibility index (Phi) is 7.05. The lowest BCUT2D eigenvalue weighted by molar-refractivity contribution is -0.131. The number of hydrogen-bond acceptors (Lipinski definition) is 5. The number of nitrogens with zero attached hydrogens (tertiary/aromatic N) is 3. The Morgan fingerprint density at radius 3 is 2.60 bits per heavy atom.